The Morgan fingerprint density at radius 3 is 2.86 bits per heavy atom. The van der Waals surface area contributed by atoms with Gasteiger partial charge in [-0.2, -0.15) is 0 Å². The molecule has 0 aromatic heterocycles. The van der Waals surface area contributed by atoms with E-state index < -0.39 is 0 Å². The number of likely N-dealkylation sites (tertiary alicyclic amines) is 1. The highest BCUT2D eigenvalue weighted by atomic mass is 35.5. The Morgan fingerprint density at radius 1 is 1.38 bits per heavy atom. The van der Waals surface area contributed by atoms with Gasteiger partial charge in [0.05, 0.1) is 16.1 Å². The zero-order valence-electron chi connectivity index (χ0n) is 12.5. The van der Waals surface area contributed by atoms with E-state index in [4.69, 9.17) is 33.7 Å². The summed E-state index contributed by atoms with van der Waals surface area (Å²) in [5.41, 5.74) is 7.14. The Kier molecular flexibility index (Phi) is 6.77. The number of rotatable bonds is 6. The van der Waals surface area contributed by atoms with Crippen molar-refractivity contribution in [3.8, 4) is 0 Å². The molecule has 2 atom stereocenters. The Morgan fingerprint density at radius 2 is 2.19 bits per heavy atom. The van der Waals surface area contributed by atoms with Crippen LogP contribution in [0.4, 0.5) is 0 Å². The van der Waals surface area contributed by atoms with Crippen LogP contribution in [0.2, 0.25) is 10.0 Å². The van der Waals surface area contributed by atoms with Crippen LogP contribution in [0.3, 0.4) is 0 Å². The van der Waals surface area contributed by atoms with Gasteiger partial charge < -0.3 is 10.5 Å². The smallest absolute Gasteiger partial charge is 0.0702 e. The van der Waals surface area contributed by atoms with Gasteiger partial charge in [0.15, 0.2) is 0 Å². The zero-order valence-corrected chi connectivity index (χ0v) is 14.0. The maximum atomic E-state index is 6.14. The molecule has 1 aromatic carbocycles. The summed E-state index contributed by atoms with van der Waals surface area (Å²) in [6, 6.07) is 5.96. The van der Waals surface area contributed by atoms with Crippen LogP contribution in [0, 0.1) is 0 Å². The molecule has 2 unspecified atom stereocenters. The van der Waals surface area contributed by atoms with Gasteiger partial charge in [0.1, 0.15) is 0 Å². The van der Waals surface area contributed by atoms with Crippen molar-refractivity contribution in [1.82, 2.24) is 4.90 Å². The van der Waals surface area contributed by atoms with Crippen molar-refractivity contribution in [3.63, 3.8) is 0 Å². The third-order valence-electron chi connectivity index (χ3n) is 3.96. The molecule has 1 heterocycles. The first-order valence-corrected chi connectivity index (χ1v) is 8.42. The third kappa shape index (κ3) is 4.57. The Balaban J connectivity index is 2.07. The van der Waals surface area contributed by atoms with Crippen LogP contribution in [0.25, 0.3) is 0 Å². The number of benzene rings is 1. The summed E-state index contributed by atoms with van der Waals surface area (Å²) in [5, 5.41) is 1.17. The molecule has 1 fully saturated rings. The normalized spacial score (nSPS) is 21.4. The maximum absolute atomic E-state index is 6.14. The fourth-order valence-corrected chi connectivity index (χ4v) is 3.19. The molecule has 118 valence electrons. The average molecular weight is 331 g/mol. The van der Waals surface area contributed by atoms with Crippen molar-refractivity contribution in [2.75, 3.05) is 26.2 Å². The average Bonchev–Trinajstić information content (AvgIpc) is 2.50. The fourth-order valence-electron chi connectivity index (χ4n) is 2.89. The summed E-state index contributed by atoms with van der Waals surface area (Å²) in [7, 11) is 0. The van der Waals surface area contributed by atoms with Crippen LogP contribution in [-0.4, -0.2) is 37.2 Å². The van der Waals surface area contributed by atoms with E-state index in [-0.39, 0.29) is 6.04 Å². The lowest BCUT2D eigenvalue weighted by molar-refractivity contribution is -0.0118. The van der Waals surface area contributed by atoms with Crippen molar-refractivity contribution in [2.45, 2.75) is 38.3 Å². The molecule has 1 saturated heterocycles. The van der Waals surface area contributed by atoms with E-state index in [2.05, 4.69) is 11.8 Å². The topological polar surface area (TPSA) is 38.5 Å². The molecule has 0 radical (unpaired) electrons. The van der Waals surface area contributed by atoms with E-state index in [0.29, 0.717) is 22.7 Å². The van der Waals surface area contributed by atoms with Crippen LogP contribution in [0.5, 0.6) is 0 Å². The van der Waals surface area contributed by atoms with Gasteiger partial charge in [-0.15, -0.1) is 0 Å². The maximum Gasteiger partial charge on any atom is 0.0702 e. The highest BCUT2D eigenvalue weighted by Gasteiger charge is 2.26. The third-order valence-corrected chi connectivity index (χ3v) is 4.70. The van der Waals surface area contributed by atoms with Crippen molar-refractivity contribution in [3.05, 3.63) is 33.8 Å². The second kappa shape index (κ2) is 8.35. The summed E-state index contributed by atoms with van der Waals surface area (Å²) in [6.07, 6.45) is 3.65. The lowest BCUT2D eigenvalue weighted by atomic mass is 10.0. The summed E-state index contributed by atoms with van der Waals surface area (Å²) in [5.74, 6) is 0. The lowest BCUT2D eigenvalue weighted by Crippen LogP contribution is -2.44. The predicted molar refractivity (Wildman–Crippen MR) is 89.1 cm³/mol. The standard InChI is InChI=1S/C16H24Cl2N2O/c1-2-8-21-13-4-3-7-20(11-13)16(10-19)12-5-6-14(17)15(18)9-12/h5-6,9,13,16H,2-4,7-8,10-11,19H2,1H3. The number of hydrogen-bond acceptors (Lipinski definition) is 3. The van der Waals surface area contributed by atoms with E-state index >= 15 is 0 Å². The van der Waals surface area contributed by atoms with E-state index in [0.717, 1.165) is 44.5 Å². The number of ether oxygens (including phenoxy) is 1. The van der Waals surface area contributed by atoms with Gasteiger partial charge in [0.2, 0.25) is 0 Å². The van der Waals surface area contributed by atoms with Gasteiger partial charge in [-0.05, 0) is 43.5 Å². The SMILES string of the molecule is CCCOC1CCCN(C(CN)c2ccc(Cl)c(Cl)c2)C1. The second-order valence-electron chi connectivity index (χ2n) is 5.56. The van der Waals surface area contributed by atoms with Gasteiger partial charge in [0.25, 0.3) is 0 Å². The van der Waals surface area contributed by atoms with Crippen molar-refractivity contribution in [2.24, 2.45) is 5.73 Å². The summed E-state index contributed by atoms with van der Waals surface area (Å²) in [4.78, 5) is 2.41. The van der Waals surface area contributed by atoms with Crippen LogP contribution in [-0.2, 0) is 4.74 Å². The monoisotopic (exact) mass is 330 g/mol. The van der Waals surface area contributed by atoms with E-state index in [1.54, 1.807) is 0 Å². The van der Waals surface area contributed by atoms with E-state index in [1.165, 1.54) is 0 Å². The van der Waals surface area contributed by atoms with Gasteiger partial charge in [-0.1, -0.05) is 36.2 Å². The van der Waals surface area contributed by atoms with Gasteiger partial charge in [-0.25, -0.2) is 0 Å². The minimum Gasteiger partial charge on any atom is -0.377 e. The number of nitrogens with zero attached hydrogens (tertiary/aromatic N) is 1. The van der Waals surface area contributed by atoms with Crippen LogP contribution in [0.15, 0.2) is 18.2 Å². The largest absolute Gasteiger partial charge is 0.377 e. The van der Waals surface area contributed by atoms with E-state index in [1.807, 2.05) is 18.2 Å². The zero-order chi connectivity index (χ0) is 15.2. The molecular formula is C16H24Cl2N2O. The number of piperidine rings is 1. The summed E-state index contributed by atoms with van der Waals surface area (Å²) >= 11 is 12.1. The first-order chi connectivity index (χ1) is 10.2. The Hall–Kier alpha value is -0.320. The number of hydrogen-bond donors (Lipinski definition) is 1. The molecule has 1 aromatic rings. The molecule has 2 rings (SSSR count). The highest BCUT2D eigenvalue weighted by molar-refractivity contribution is 6.42. The molecule has 1 aliphatic heterocycles. The molecule has 0 aliphatic carbocycles. The first-order valence-electron chi connectivity index (χ1n) is 7.66. The molecule has 3 nitrogen and oxygen atoms in total. The second-order valence-corrected chi connectivity index (χ2v) is 6.37. The van der Waals surface area contributed by atoms with Gasteiger partial charge >= 0.3 is 0 Å². The van der Waals surface area contributed by atoms with Crippen LogP contribution in [0.1, 0.15) is 37.8 Å². The van der Waals surface area contributed by atoms with Gasteiger partial charge in [-0.3, -0.25) is 4.90 Å². The molecule has 0 bridgehead atoms. The lowest BCUT2D eigenvalue weighted by Gasteiger charge is -2.38. The molecule has 5 heteroatoms. The summed E-state index contributed by atoms with van der Waals surface area (Å²) < 4.78 is 5.91. The predicted octanol–water partition coefficient (Wildman–Crippen LogP) is 3.88. The molecule has 0 spiro atoms. The van der Waals surface area contributed by atoms with Crippen molar-refractivity contribution in [1.29, 1.82) is 0 Å². The first kappa shape index (κ1) is 17.0. The number of halogens is 2. The highest BCUT2D eigenvalue weighted by Crippen LogP contribution is 2.30. The minimum atomic E-state index is 0.174. The van der Waals surface area contributed by atoms with Crippen molar-refractivity contribution >= 4 is 23.2 Å². The number of nitrogens with two attached hydrogens (primary N) is 1. The van der Waals surface area contributed by atoms with E-state index in [9.17, 15) is 0 Å². The Labute approximate surface area is 137 Å². The van der Waals surface area contributed by atoms with Crippen LogP contribution < -0.4 is 5.73 Å². The van der Waals surface area contributed by atoms with Gasteiger partial charge in [0, 0.05) is 25.7 Å². The molecule has 0 saturated carbocycles. The molecule has 0 amide bonds. The Bertz CT molecular complexity index is 456. The molecule has 21 heavy (non-hydrogen) atoms. The van der Waals surface area contributed by atoms with Crippen LogP contribution >= 0.6 is 23.2 Å². The summed E-state index contributed by atoms with van der Waals surface area (Å²) in [6.45, 7) is 5.52. The quantitative estimate of drug-likeness (QED) is 0.860. The minimum absolute atomic E-state index is 0.174. The fraction of sp³-hybridized carbons (Fsp3) is 0.625. The molecular weight excluding hydrogens is 307 g/mol. The molecule has 1 aliphatic rings. The molecule has 2 N–H and O–H groups in total. The van der Waals surface area contributed by atoms with Crippen molar-refractivity contribution < 1.29 is 4.74 Å².